The van der Waals surface area contributed by atoms with Crippen LogP contribution in [-0.2, 0) is 9.53 Å². The summed E-state index contributed by atoms with van der Waals surface area (Å²) in [4.78, 5) is 25.1. The molecule has 2 aromatic rings. The van der Waals surface area contributed by atoms with Gasteiger partial charge in [0.05, 0.1) is 12.7 Å². The van der Waals surface area contributed by atoms with E-state index in [1.54, 1.807) is 18.2 Å². The van der Waals surface area contributed by atoms with Crippen molar-refractivity contribution >= 4 is 29.3 Å². The van der Waals surface area contributed by atoms with Crippen LogP contribution in [0.2, 0.25) is 0 Å². The van der Waals surface area contributed by atoms with Gasteiger partial charge in [-0.1, -0.05) is 6.07 Å². The number of nitriles is 1. The predicted octanol–water partition coefficient (Wildman–Crippen LogP) is 3.99. The second-order valence-corrected chi connectivity index (χ2v) is 6.79. The lowest BCUT2D eigenvalue weighted by Gasteiger charge is -2.13. The average molecular weight is 384 g/mol. The molecule has 1 amide bonds. The van der Waals surface area contributed by atoms with E-state index in [4.69, 9.17) is 14.7 Å². The molecule has 6 nitrogen and oxygen atoms in total. The van der Waals surface area contributed by atoms with Crippen molar-refractivity contribution in [3.8, 4) is 11.2 Å². The zero-order valence-electron chi connectivity index (χ0n) is 15.6. The number of hydrogen-bond acceptors (Lipinski definition) is 6. The van der Waals surface area contributed by atoms with E-state index in [0.717, 1.165) is 33.3 Å². The van der Waals surface area contributed by atoms with E-state index in [0.29, 0.717) is 17.0 Å². The minimum Gasteiger partial charge on any atom is -0.496 e. The number of carbonyl (C=O) groups is 2. The molecule has 0 spiro atoms. The third-order valence-corrected chi connectivity index (χ3v) is 4.47. The maximum atomic E-state index is 12.2. The highest BCUT2D eigenvalue weighted by Gasteiger charge is 2.14. The number of methoxy groups -OCH3 is 1. The van der Waals surface area contributed by atoms with Gasteiger partial charge < -0.3 is 14.8 Å². The van der Waals surface area contributed by atoms with Gasteiger partial charge in [-0.3, -0.25) is 4.79 Å². The molecule has 0 radical (unpaired) electrons. The normalized spacial score (nSPS) is 10.0. The smallest absolute Gasteiger partial charge is 0.338 e. The Kier molecular flexibility index (Phi) is 6.85. The molecule has 0 aliphatic carbocycles. The average Bonchev–Trinajstić information content (AvgIpc) is 2.63. The molecule has 7 heteroatoms. The molecule has 0 fully saturated rings. The molecule has 0 unspecified atom stereocenters. The number of nitrogens with one attached hydrogen (secondary N) is 1. The van der Waals surface area contributed by atoms with E-state index < -0.39 is 18.5 Å². The van der Waals surface area contributed by atoms with Crippen LogP contribution in [0.1, 0.15) is 27.0 Å². The molecule has 2 rings (SSSR count). The number of carbonyl (C=O) groups excluding carboxylic acids is 2. The molecule has 0 saturated heterocycles. The fourth-order valence-electron chi connectivity index (χ4n) is 2.57. The largest absolute Gasteiger partial charge is 0.496 e. The summed E-state index contributed by atoms with van der Waals surface area (Å²) in [6, 6.07) is 8.60. The lowest BCUT2D eigenvalue weighted by atomic mass is 10.1. The Morgan fingerprint density at radius 1 is 1.11 bits per heavy atom. The van der Waals surface area contributed by atoms with Crippen molar-refractivity contribution in [3.63, 3.8) is 0 Å². The summed E-state index contributed by atoms with van der Waals surface area (Å²) in [7, 11) is 1.52. The summed E-state index contributed by atoms with van der Waals surface area (Å²) < 4.78 is 10.3. The molecular weight excluding hydrogens is 364 g/mol. The summed E-state index contributed by atoms with van der Waals surface area (Å²) in [5, 5.41) is 13.5. The van der Waals surface area contributed by atoms with E-state index in [-0.39, 0.29) is 0 Å². The number of thiocyanates is 1. The Hall–Kier alpha value is -2.98. The van der Waals surface area contributed by atoms with Crippen LogP contribution in [0.15, 0.2) is 35.2 Å². The van der Waals surface area contributed by atoms with E-state index in [1.807, 2.05) is 38.3 Å². The van der Waals surface area contributed by atoms with Crippen molar-refractivity contribution in [2.45, 2.75) is 25.7 Å². The van der Waals surface area contributed by atoms with Crippen molar-refractivity contribution in [2.75, 3.05) is 19.0 Å². The third-order valence-electron chi connectivity index (χ3n) is 3.91. The number of ether oxygens (including phenoxy) is 2. The fraction of sp³-hybridized carbons (Fsp3) is 0.250. The minimum absolute atomic E-state index is 0.315. The number of aryl methyl sites for hydroxylation is 3. The number of anilines is 1. The molecule has 0 aliphatic rings. The number of nitrogens with zero attached hydrogens (tertiary/aromatic N) is 1. The highest BCUT2D eigenvalue weighted by Crippen LogP contribution is 2.27. The monoisotopic (exact) mass is 384 g/mol. The molecule has 1 N–H and O–H groups in total. The molecule has 0 heterocycles. The van der Waals surface area contributed by atoms with E-state index >= 15 is 0 Å². The predicted molar refractivity (Wildman–Crippen MR) is 104 cm³/mol. The molecule has 0 atom stereocenters. The van der Waals surface area contributed by atoms with Crippen LogP contribution in [0.4, 0.5) is 5.69 Å². The highest BCUT2D eigenvalue weighted by molar-refractivity contribution is 8.03. The molecule has 0 aromatic heterocycles. The van der Waals surface area contributed by atoms with Crippen LogP contribution in [0, 0.1) is 31.4 Å². The molecule has 27 heavy (non-hydrogen) atoms. The molecule has 0 saturated carbocycles. The lowest BCUT2D eigenvalue weighted by molar-refractivity contribution is -0.119. The Morgan fingerprint density at radius 3 is 2.37 bits per heavy atom. The molecule has 0 bridgehead atoms. The van der Waals surface area contributed by atoms with Crippen molar-refractivity contribution in [1.82, 2.24) is 0 Å². The summed E-state index contributed by atoms with van der Waals surface area (Å²) >= 11 is 1.06. The maximum Gasteiger partial charge on any atom is 0.338 e. The van der Waals surface area contributed by atoms with E-state index in [1.165, 1.54) is 7.11 Å². The summed E-state index contributed by atoms with van der Waals surface area (Å²) in [5.74, 6) is -0.456. The number of amides is 1. The zero-order valence-corrected chi connectivity index (χ0v) is 16.4. The third kappa shape index (κ3) is 5.25. The van der Waals surface area contributed by atoms with Gasteiger partial charge in [0.15, 0.2) is 6.61 Å². The van der Waals surface area contributed by atoms with Crippen LogP contribution < -0.4 is 10.1 Å². The Balaban J connectivity index is 2.00. The molecule has 140 valence electrons. The van der Waals surface area contributed by atoms with Crippen LogP contribution >= 0.6 is 11.8 Å². The number of benzene rings is 2. The molecular formula is C20H20N2O4S. The first-order chi connectivity index (χ1) is 12.8. The van der Waals surface area contributed by atoms with Gasteiger partial charge in [0.2, 0.25) is 0 Å². The first kappa shape index (κ1) is 20.3. The van der Waals surface area contributed by atoms with Gasteiger partial charge in [-0.15, -0.1) is 0 Å². The molecule has 0 aliphatic heterocycles. The first-order valence-corrected chi connectivity index (χ1v) is 8.96. The second kappa shape index (κ2) is 9.10. The lowest BCUT2D eigenvalue weighted by Crippen LogP contribution is -2.22. The van der Waals surface area contributed by atoms with Crippen LogP contribution in [0.3, 0.4) is 0 Å². The minimum atomic E-state index is -0.599. The SMILES string of the molecule is COc1cc(C(=O)OCC(=O)Nc2c(C)cc(SC#N)cc2C)ccc1C. The van der Waals surface area contributed by atoms with Gasteiger partial charge in [0.25, 0.3) is 5.91 Å². The van der Waals surface area contributed by atoms with Crippen molar-refractivity contribution in [3.05, 3.63) is 52.6 Å². The Labute approximate surface area is 162 Å². The summed E-state index contributed by atoms with van der Waals surface area (Å²) in [6.45, 7) is 5.15. The van der Waals surface area contributed by atoms with Crippen molar-refractivity contribution < 1.29 is 19.1 Å². The number of rotatable bonds is 6. The Morgan fingerprint density at radius 2 is 1.78 bits per heavy atom. The number of hydrogen-bond donors (Lipinski definition) is 1. The number of esters is 1. The maximum absolute atomic E-state index is 12.2. The number of thioether (sulfide) groups is 1. The van der Waals surface area contributed by atoms with E-state index in [9.17, 15) is 9.59 Å². The van der Waals surface area contributed by atoms with Crippen molar-refractivity contribution in [1.29, 1.82) is 5.26 Å². The zero-order chi connectivity index (χ0) is 20.0. The van der Waals surface area contributed by atoms with Gasteiger partial charge >= 0.3 is 5.97 Å². The van der Waals surface area contributed by atoms with E-state index in [2.05, 4.69) is 5.32 Å². The van der Waals surface area contributed by atoms with Gasteiger partial charge in [-0.05, 0) is 73.5 Å². The molecule has 2 aromatic carbocycles. The standard InChI is InChI=1S/C20H20N2O4S/c1-12-5-6-15(9-17(12)25-4)20(24)26-10-18(23)22-19-13(2)7-16(27-11-21)8-14(19)3/h5-9H,10H2,1-4H3,(H,22,23). The topological polar surface area (TPSA) is 88.4 Å². The second-order valence-electron chi connectivity index (χ2n) is 5.93. The van der Waals surface area contributed by atoms with Gasteiger partial charge in [-0.25, -0.2) is 4.79 Å². The van der Waals surface area contributed by atoms with Crippen molar-refractivity contribution in [2.24, 2.45) is 0 Å². The van der Waals surface area contributed by atoms with Gasteiger partial charge in [-0.2, -0.15) is 5.26 Å². The van der Waals surface area contributed by atoms with Gasteiger partial charge in [0.1, 0.15) is 11.2 Å². The fourth-order valence-corrected chi connectivity index (χ4v) is 3.15. The quantitative estimate of drug-likeness (QED) is 0.460. The Bertz CT molecular complexity index is 896. The summed E-state index contributed by atoms with van der Waals surface area (Å²) in [5.41, 5.74) is 3.52. The highest BCUT2D eigenvalue weighted by atomic mass is 32.2. The summed E-state index contributed by atoms with van der Waals surface area (Å²) in [6.07, 6.45) is 0. The van der Waals surface area contributed by atoms with Crippen LogP contribution in [0.25, 0.3) is 0 Å². The first-order valence-electron chi connectivity index (χ1n) is 8.14. The van der Waals surface area contributed by atoms with Gasteiger partial charge in [0, 0.05) is 10.6 Å². The van der Waals surface area contributed by atoms with Crippen LogP contribution in [-0.4, -0.2) is 25.6 Å². The van der Waals surface area contributed by atoms with Crippen LogP contribution in [0.5, 0.6) is 5.75 Å².